The molecule has 0 N–H and O–H groups in total. The van der Waals surface area contributed by atoms with E-state index in [-0.39, 0.29) is 28.9 Å². The molecule has 8 heteroatoms. The fraction of sp³-hybridized carbons (Fsp3) is 0.333. The van der Waals surface area contributed by atoms with Crippen molar-refractivity contribution < 1.29 is 9.18 Å². The fourth-order valence-electron chi connectivity index (χ4n) is 3.73. The van der Waals surface area contributed by atoms with Crippen molar-refractivity contribution in [3.63, 3.8) is 0 Å². The first-order valence-corrected chi connectivity index (χ1v) is 10.5. The number of thiazole rings is 1. The lowest BCUT2D eigenvalue weighted by molar-refractivity contribution is 0.0890. The van der Waals surface area contributed by atoms with Crippen molar-refractivity contribution in [2.45, 2.75) is 19.4 Å². The van der Waals surface area contributed by atoms with E-state index >= 15 is 0 Å². The second kappa shape index (κ2) is 9.39. The number of hydrogen-bond acceptors (Lipinski definition) is 4. The van der Waals surface area contributed by atoms with Gasteiger partial charge in [-0.25, -0.2) is 4.39 Å². The topological polar surface area (TPSA) is 42.3 Å². The van der Waals surface area contributed by atoms with Gasteiger partial charge in [-0.15, -0.1) is 12.4 Å². The zero-order chi connectivity index (χ0) is 19.7. The van der Waals surface area contributed by atoms with Gasteiger partial charge < -0.3 is 0 Å². The van der Waals surface area contributed by atoms with E-state index in [1.165, 1.54) is 35.6 Å². The van der Waals surface area contributed by atoms with Crippen LogP contribution in [0, 0.1) is 11.7 Å². The van der Waals surface area contributed by atoms with E-state index in [4.69, 9.17) is 11.6 Å². The Hall–Kier alpha value is -1.73. The van der Waals surface area contributed by atoms with Gasteiger partial charge in [0, 0.05) is 17.1 Å². The number of benzene rings is 2. The van der Waals surface area contributed by atoms with Crippen LogP contribution < -0.4 is 4.87 Å². The molecule has 2 heterocycles. The van der Waals surface area contributed by atoms with Gasteiger partial charge in [0.05, 0.1) is 16.8 Å². The molecule has 154 valence electrons. The predicted molar refractivity (Wildman–Crippen MR) is 118 cm³/mol. The summed E-state index contributed by atoms with van der Waals surface area (Å²) < 4.78 is 15.8. The first-order valence-electron chi connectivity index (χ1n) is 9.29. The van der Waals surface area contributed by atoms with Gasteiger partial charge in [0.2, 0.25) is 0 Å². The van der Waals surface area contributed by atoms with Crippen LogP contribution in [-0.4, -0.2) is 34.9 Å². The number of carbonyl (C=O) groups is 1. The molecule has 1 fully saturated rings. The Balaban J connectivity index is 0.00000240. The molecule has 0 spiro atoms. The van der Waals surface area contributed by atoms with E-state index in [0.717, 1.165) is 36.1 Å². The Morgan fingerprint density at radius 3 is 2.52 bits per heavy atom. The molecule has 1 aliphatic heterocycles. The van der Waals surface area contributed by atoms with Gasteiger partial charge in [-0.2, -0.15) is 0 Å². The van der Waals surface area contributed by atoms with Crippen LogP contribution in [0.2, 0.25) is 5.02 Å². The zero-order valence-electron chi connectivity index (χ0n) is 15.6. The van der Waals surface area contributed by atoms with E-state index in [0.29, 0.717) is 29.6 Å². The molecule has 0 bridgehead atoms. The molecular formula is C21H21Cl2FN2O2S. The smallest absolute Gasteiger partial charge is 0.298 e. The van der Waals surface area contributed by atoms with E-state index in [2.05, 4.69) is 4.90 Å². The molecule has 3 aromatic rings. The monoisotopic (exact) mass is 454 g/mol. The highest BCUT2D eigenvalue weighted by atomic mass is 35.5. The lowest BCUT2D eigenvalue weighted by atomic mass is 9.96. The Bertz CT molecular complexity index is 1060. The molecule has 2 aromatic carbocycles. The van der Waals surface area contributed by atoms with Gasteiger partial charge in [-0.05, 0) is 74.3 Å². The number of fused-ring (bicyclic) bond motifs is 1. The van der Waals surface area contributed by atoms with Gasteiger partial charge >= 0.3 is 4.87 Å². The molecule has 0 saturated carbocycles. The third-order valence-electron chi connectivity index (χ3n) is 5.31. The average molecular weight is 455 g/mol. The van der Waals surface area contributed by atoms with Crippen molar-refractivity contribution in [2.75, 3.05) is 19.6 Å². The molecule has 4 nitrogen and oxygen atoms in total. The number of nitrogens with zero attached hydrogens (tertiary/aromatic N) is 2. The largest absolute Gasteiger partial charge is 0.308 e. The molecule has 0 aliphatic carbocycles. The molecule has 29 heavy (non-hydrogen) atoms. The molecule has 0 amide bonds. The minimum atomic E-state index is -0.337. The lowest BCUT2D eigenvalue weighted by Crippen LogP contribution is -2.38. The van der Waals surface area contributed by atoms with Crippen LogP contribution in [0.5, 0.6) is 0 Å². The van der Waals surface area contributed by atoms with Crippen LogP contribution in [0.1, 0.15) is 23.2 Å². The van der Waals surface area contributed by atoms with Crippen LogP contribution in [0.25, 0.3) is 10.2 Å². The molecule has 1 saturated heterocycles. The SMILES string of the molecule is Cl.O=C(CN1CCC(Cn2c(=O)sc3cc(Cl)ccc32)CC1)c1ccc(F)cc1. The molecule has 0 radical (unpaired) electrons. The zero-order valence-corrected chi connectivity index (χ0v) is 18.0. The molecular weight excluding hydrogens is 434 g/mol. The standard InChI is InChI=1S/C21H20ClFN2O2S.ClH/c22-16-3-6-18-20(11-16)28-21(27)25(18)12-14-7-9-24(10-8-14)13-19(26)15-1-4-17(23)5-2-15;/h1-6,11,14H,7-10,12-13H2;1H. The van der Waals surface area contributed by atoms with Crippen molar-refractivity contribution in [3.05, 3.63) is 68.5 Å². The summed E-state index contributed by atoms with van der Waals surface area (Å²) in [5, 5.41) is 0.639. The van der Waals surface area contributed by atoms with Gasteiger partial charge in [0.25, 0.3) is 0 Å². The quantitative estimate of drug-likeness (QED) is 0.516. The molecule has 1 aromatic heterocycles. The highest BCUT2D eigenvalue weighted by Gasteiger charge is 2.23. The van der Waals surface area contributed by atoms with E-state index in [9.17, 15) is 14.0 Å². The number of piperidine rings is 1. The molecule has 1 aliphatic rings. The summed E-state index contributed by atoms with van der Waals surface area (Å²) in [5.74, 6) is 0.0783. The minimum Gasteiger partial charge on any atom is -0.298 e. The Morgan fingerprint density at radius 2 is 1.83 bits per heavy atom. The van der Waals surface area contributed by atoms with E-state index < -0.39 is 0 Å². The first-order chi connectivity index (χ1) is 13.5. The number of halogens is 3. The number of aromatic nitrogens is 1. The van der Waals surface area contributed by atoms with E-state index in [1.54, 1.807) is 0 Å². The lowest BCUT2D eigenvalue weighted by Gasteiger charge is -2.31. The second-order valence-electron chi connectivity index (χ2n) is 7.24. The molecule has 0 unspecified atom stereocenters. The third-order valence-corrected chi connectivity index (χ3v) is 6.49. The van der Waals surface area contributed by atoms with Gasteiger partial charge in [-0.1, -0.05) is 22.9 Å². The van der Waals surface area contributed by atoms with E-state index in [1.807, 2.05) is 22.8 Å². The Morgan fingerprint density at radius 1 is 1.14 bits per heavy atom. The van der Waals surface area contributed by atoms with Crippen LogP contribution >= 0.6 is 35.3 Å². The normalized spacial score (nSPS) is 15.4. The van der Waals surface area contributed by atoms with Gasteiger partial charge in [0.1, 0.15) is 5.82 Å². The summed E-state index contributed by atoms with van der Waals surface area (Å²) in [6, 6.07) is 11.3. The number of ketones is 1. The maximum absolute atomic E-state index is 13.0. The first kappa shape index (κ1) is 22.0. The van der Waals surface area contributed by atoms with Crippen molar-refractivity contribution >= 4 is 51.3 Å². The Labute approximate surface area is 183 Å². The summed E-state index contributed by atoms with van der Waals surface area (Å²) in [7, 11) is 0. The van der Waals surface area contributed by atoms with Gasteiger partial charge in [-0.3, -0.25) is 19.1 Å². The highest BCUT2D eigenvalue weighted by molar-refractivity contribution is 7.16. The number of hydrogen-bond donors (Lipinski definition) is 0. The molecule has 4 rings (SSSR count). The van der Waals surface area contributed by atoms with Crippen molar-refractivity contribution in [2.24, 2.45) is 5.92 Å². The van der Waals surface area contributed by atoms with Crippen molar-refractivity contribution in [3.8, 4) is 0 Å². The average Bonchev–Trinajstić information content (AvgIpc) is 2.98. The summed E-state index contributed by atoms with van der Waals surface area (Å²) in [6.45, 7) is 2.68. The van der Waals surface area contributed by atoms with Gasteiger partial charge in [0.15, 0.2) is 5.78 Å². The second-order valence-corrected chi connectivity index (χ2v) is 8.67. The number of likely N-dealkylation sites (tertiary alicyclic amines) is 1. The number of rotatable bonds is 5. The minimum absolute atomic E-state index is 0. The maximum Gasteiger partial charge on any atom is 0.308 e. The number of Topliss-reactive ketones (excluding diaryl/α,β-unsaturated/α-hetero) is 1. The van der Waals surface area contributed by atoms with Crippen LogP contribution in [0.3, 0.4) is 0 Å². The molecule has 0 atom stereocenters. The summed E-state index contributed by atoms with van der Waals surface area (Å²) in [4.78, 5) is 26.9. The van der Waals surface area contributed by atoms with Crippen LogP contribution in [0.4, 0.5) is 4.39 Å². The third kappa shape index (κ3) is 5.07. The summed E-state index contributed by atoms with van der Waals surface area (Å²) in [5.41, 5.74) is 1.48. The Kier molecular flexibility index (Phi) is 7.11. The number of carbonyl (C=O) groups excluding carboxylic acids is 1. The van der Waals surface area contributed by atoms with Crippen molar-refractivity contribution in [1.82, 2.24) is 9.47 Å². The van der Waals surface area contributed by atoms with Crippen LogP contribution in [0.15, 0.2) is 47.3 Å². The predicted octanol–water partition coefficient (Wildman–Crippen LogP) is 4.87. The maximum atomic E-state index is 13.0. The summed E-state index contributed by atoms with van der Waals surface area (Å²) >= 11 is 7.26. The fourth-order valence-corrected chi connectivity index (χ4v) is 4.91. The summed E-state index contributed by atoms with van der Waals surface area (Å²) in [6.07, 6.45) is 1.88. The highest BCUT2D eigenvalue weighted by Crippen LogP contribution is 2.25. The van der Waals surface area contributed by atoms with Crippen LogP contribution in [-0.2, 0) is 6.54 Å². The van der Waals surface area contributed by atoms with Crippen molar-refractivity contribution in [1.29, 1.82) is 0 Å².